The van der Waals surface area contributed by atoms with E-state index in [-0.39, 0.29) is 0 Å². The monoisotopic (exact) mass is 252 g/mol. The number of hydrogen-bond acceptors (Lipinski definition) is 0. The second kappa shape index (κ2) is 7.56. The molecule has 1 saturated carbocycles. The topological polar surface area (TPSA) is 0 Å². The zero-order valence-electron chi connectivity index (χ0n) is 13.7. The summed E-state index contributed by atoms with van der Waals surface area (Å²) >= 11 is 0. The molecule has 0 nitrogen and oxygen atoms in total. The Labute approximate surface area is 116 Å². The van der Waals surface area contributed by atoms with Crippen LogP contribution in [0.3, 0.4) is 0 Å². The van der Waals surface area contributed by atoms with Gasteiger partial charge in [-0.05, 0) is 54.8 Å². The van der Waals surface area contributed by atoms with Gasteiger partial charge in [0.05, 0.1) is 0 Å². The number of unbranched alkanes of at least 4 members (excludes halogenated alkanes) is 1. The summed E-state index contributed by atoms with van der Waals surface area (Å²) in [7, 11) is 0. The summed E-state index contributed by atoms with van der Waals surface area (Å²) in [6, 6.07) is 0. The van der Waals surface area contributed by atoms with Gasteiger partial charge in [0.25, 0.3) is 0 Å². The highest BCUT2D eigenvalue weighted by atomic mass is 14.4. The molecule has 1 aliphatic carbocycles. The van der Waals surface area contributed by atoms with Crippen LogP contribution in [0, 0.1) is 35.5 Å². The lowest BCUT2D eigenvalue weighted by Gasteiger charge is -2.40. The molecule has 0 amide bonds. The summed E-state index contributed by atoms with van der Waals surface area (Å²) in [6.07, 6.45) is 8.60. The molecule has 108 valence electrons. The van der Waals surface area contributed by atoms with Crippen molar-refractivity contribution in [1.29, 1.82) is 0 Å². The van der Waals surface area contributed by atoms with Crippen LogP contribution in [0.4, 0.5) is 0 Å². The molecule has 0 heterocycles. The Morgan fingerprint density at radius 1 is 0.944 bits per heavy atom. The molecule has 18 heavy (non-hydrogen) atoms. The van der Waals surface area contributed by atoms with Crippen LogP contribution in [0.25, 0.3) is 0 Å². The van der Waals surface area contributed by atoms with Gasteiger partial charge in [-0.2, -0.15) is 0 Å². The summed E-state index contributed by atoms with van der Waals surface area (Å²) in [6.45, 7) is 14.7. The van der Waals surface area contributed by atoms with Crippen molar-refractivity contribution >= 4 is 0 Å². The van der Waals surface area contributed by atoms with Gasteiger partial charge in [-0.25, -0.2) is 0 Å². The molecule has 1 fully saturated rings. The van der Waals surface area contributed by atoms with Gasteiger partial charge in [-0.3, -0.25) is 0 Å². The lowest BCUT2D eigenvalue weighted by atomic mass is 9.66. The van der Waals surface area contributed by atoms with E-state index in [1.54, 1.807) is 0 Å². The van der Waals surface area contributed by atoms with Crippen molar-refractivity contribution in [2.45, 2.75) is 80.1 Å². The fourth-order valence-corrected chi connectivity index (χ4v) is 4.21. The van der Waals surface area contributed by atoms with Gasteiger partial charge < -0.3 is 0 Å². The molecular formula is C18H36. The zero-order valence-corrected chi connectivity index (χ0v) is 13.7. The van der Waals surface area contributed by atoms with Crippen molar-refractivity contribution in [2.24, 2.45) is 35.5 Å². The highest BCUT2D eigenvalue weighted by Crippen LogP contribution is 2.42. The minimum absolute atomic E-state index is 0.917. The minimum atomic E-state index is 0.917. The maximum absolute atomic E-state index is 2.50. The van der Waals surface area contributed by atoms with E-state index < -0.39 is 0 Å². The fraction of sp³-hybridized carbons (Fsp3) is 1.00. The summed E-state index contributed by atoms with van der Waals surface area (Å²) in [5, 5.41) is 0. The standard InChI is InChI=1S/C18H36/c1-7-8-9-14(3)15(4)12-18-16(5)10-13(2)11-17(18)6/h13-18H,7-12H2,1-6H3. The van der Waals surface area contributed by atoms with Crippen LogP contribution in [0.15, 0.2) is 0 Å². The first-order chi connectivity index (χ1) is 8.45. The SMILES string of the molecule is CCCCC(C)C(C)CC1C(C)CC(C)CC1C. The van der Waals surface area contributed by atoms with Crippen molar-refractivity contribution < 1.29 is 0 Å². The maximum atomic E-state index is 2.50. The van der Waals surface area contributed by atoms with Gasteiger partial charge in [0, 0.05) is 0 Å². The lowest BCUT2D eigenvalue weighted by Crippen LogP contribution is -2.31. The molecule has 0 aromatic rings. The maximum Gasteiger partial charge on any atom is -0.0360 e. The van der Waals surface area contributed by atoms with E-state index in [4.69, 9.17) is 0 Å². The first-order valence-electron chi connectivity index (χ1n) is 8.45. The third-order valence-electron chi connectivity index (χ3n) is 5.64. The van der Waals surface area contributed by atoms with Gasteiger partial charge in [-0.1, -0.05) is 60.8 Å². The predicted molar refractivity (Wildman–Crippen MR) is 82.7 cm³/mol. The summed E-state index contributed by atoms with van der Waals surface area (Å²) < 4.78 is 0. The smallest absolute Gasteiger partial charge is 0.0360 e. The average Bonchev–Trinajstić information content (AvgIpc) is 2.30. The van der Waals surface area contributed by atoms with E-state index in [1.807, 2.05) is 0 Å². The molecule has 4 atom stereocenters. The van der Waals surface area contributed by atoms with Crippen molar-refractivity contribution in [2.75, 3.05) is 0 Å². The van der Waals surface area contributed by atoms with Crippen molar-refractivity contribution in [3.05, 3.63) is 0 Å². The van der Waals surface area contributed by atoms with Crippen molar-refractivity contribution in [3.63, 3.8) is 0 Å². The van der Waals surface area contributed by atoms with Gasteiger partial charge in [0.15, 0.2) is 0 Å². The Kier molecular flexibility index (Phi) is 6.74. The molecule has 0 bridgehead atoms. The lowest BCUT2D eigenvalue weighted by molar-refractivity contribution is 0.102. The molecule has 0 aromatic carbocycles. The van der Waals surface area contributed by atoms with E-state index in [1.165, 1.54) is 38.5 Å². The van der Waals surface area contributed by atoms with Crippen LogP contribution in [-0.2, 0) is 0 Å². The predicted octanol–water partition coefficient (Wildman–Crippen LogP) is 6.16. The second-order valence-corrected chi connectivity index (χ2v) is 7.53. The first-order valence-corrected chi connectivity index (χ1v) is 8.45. The normalized spacial score (nSPS) is 36.3. The number of hydrogen-bond donors (Lipinski definition) is 0. The van der Waals surface area contributed by atoms with Gasteiger partial charge in [-0.15, -0.1) is 0 Å². The van der Waals surface area contributed by atoms with E-state index in [2.05, 4.69) is 41.5 Å². The van der Waals surface area contributed by atoms with Crippen LogP contribution < -0.4 is 0 Å². The van der Waals surface area contributed by atoms with E-state index >= 15 is 0 Å². The minimum Gasteiger partial charge on any atom is -0.0654 e. The number of rotatable bonds is 6. The van der Waals surface area contributed by atoms with Gasteiger partial charge >= 0.3 is 0 Å². The molecule has 0 N–H and O–H groups in total. The average molecular weight is 252 g/mol. The molecule has 1 aliphatic rings. The van der Waals surface area contributed by atoms with E-state index in [9.17, 15) is 0 Å². The summed E-state index contributed by atoms with van der Waals surface area (Å²) in [5.74, 6) is 5.68. The largest absolute Gasteiger partial charge is 0.0654 e. The van der Waals surface area contributed by atoms with Crippen molar-refractivity contribution in [1.82, 2.24) is 0 Å². The second-order valence-electron chi connectivity index (χ2n) is 7.53. The Balaban J connectivity index is 2.44. The molecule has 1 rings (SSSR count). The van der Waals surface area contributed by atoms with Crippen molar-refractivity contribution in [3.8, 4) is 0 Å². The Morgan fingerprint density at radius 3 is 2.00 bits per heavy atom. The van der Waals surface area contributed by atoms with Crippen LogP contribution >= 0.6 is 0 Å². The molecule has 0 radical (unpaired) electrons. The zero-order chi connectivity index (χ0) is 13.7. The first kappa shape index (κ1) is 16.1. The highest BCUT2D eigenvalue weighted by molar-refractivity contribution is 4.82. The molecule has 0 saturated heterocycles. The van der Waals surface area contributed by atoms with Crippen LogP contribution in [0.5, 0.6) is 0 Å². The third kappa shape index (κ3) is 4.59. The van der Waals surface area contributed by atoms with Gasteiger partial charge in [0.2, 0.25) is 0 Å². The van der Waals surface area contributed by atoms with Crippen LogP contribution in [0.2, 0.25) is 0 Å². The molecule has 0 aliphatic heterocycles. The molecule has 0 heteroatoms. The quantitative estimate of drug-likeness (QED) is 0.531. The molecule has 4 unspecified atom stereocenters. The summed E-state index contributed by atoms with van der Waals surface area (Å²) in [5.41, 5.74) is 0. The van der Waals surface area contributed by atoms with E-state index in [0.717, 1.165) is 35.5 Å². The highest BCUT2D eigenvalue weighted by Gasteiger charge is 2.32. The molecule has 0 aromatic heterocycles. The van der Waals surface area contributed by atoms with Crippen LogP contribution in [-0.4, -0.2) is 0 Å². The van der Waals surface area contributed by atoms with Crippen LogP contribution in [0.1, 0.15) is 80.1 Å². The summed E-state index contributed by atoms with van der Waals surface area (Å²) in [4.78, 5) is 0. The Morgan fingerprint density at radius 2 is 1.50 bits per heavy atom. The fourth-order valence-electron chi connectivity index (χ4n) is 4.21. The van der Waals surface area contributed by atoms with E-state index in [0.29, 0.717) is 0 Å². The van der Waals surface area contributed by atoms with Gasteiger partial charge in [0.1, 0.15) is 0 Å². The Bertz CT molecular complexity index is 208. The Hall–Kier alpha value is 0. The molecular weight excluding hydrogens is 216 g/mol. The third-order valence-corrected chi connectivity index (χ3v) is 5.64. The molecule has 0 spiro atoms.